The Balaban J connectivity index is 1.91. The molecule has 1 heterocycles. The third-order valence-corrected chi connectivity index (χ3v) is 3.37. The fourth-order valence-corrected chi connectivity index (χ4v) is 2.13. The number of halogens is 1. The molecule has 0 unspecified atom stereocenters. The van der Waals surface area contributed by atoms with E-state index >= 15 is 0 Å². The van der Waals surface area contributed by atoms with Gasteiger partial charge in [-0.3, -0.25) is 4.68 Å². The average molecular weight is 308 g/mol. The van der Waals surface area contributed by atoms with E-state index in [-0.39, 0.29) is 0 Å². The second-order valence-electron chi connectivity index (χ2n) is 4.38. The Morgan fingerprint density at radius 3 is 2.72 bits per heavy atom. The SMILES string of the molecule is CNCCCc1cnn(Cc2ccc(Br)cc2)c1. The first-order chi connectivity index (χ1) is 8.78. The molecule has 0 amide bonds. The van der Waals surface area contributed by atoms with Crippen molar-refractivity contribution in [1.29, 1.82) is 0 Å². The van der Waals surface area contributed by atoms with Crippen LogP contribution in [0, 0.1) is 0 Å². The predicted molar refractivity (Wildman–Crippen MR) is 77.7 cm³/mol. The van der Waals surface area contributed by atoms with Gasteiger partial charge in [0, 0.05) is 10.7 Å². The maximum Gasteiger partial charge on any atom is 0.0659 e. The topological polar surface area (TPSA) is 29.9 Å². The van der Waals surface area contributed by atoms with Gasteiger partial charge in [0.1, 0.15) is 0 Å². The molecule has 2 aromatic rings. The molecule has 0 bridgehead atoms. The Labute approximate surface area is 116 Å². The van der Waals surface area contributed by atoms with Crippen molar-refractivity contribution in [3.05, 3.63) is 52.3 Å². The van der Waals surface area contributed by atoms with E-state index in [1.165, 1.54) is 11.1 Å². The zero-order chi connectivity index (χ0) is 12.8. The van der Waals surface area contributed by atoms with E-state index in [2.05, 4.69) is 56.8 Å². The molecular weight excluding hydrogens is 290 g/mol. The molecule has 1 N–H and O–H groups in total. The zero-order valence-corrected chi connectivity index (χ0v) is 12.2. The number of aryl methyl sites for hydroxylation is 1. The summed E-state index contributed by atoms with van der Waals surface area (Å²) in [7, 11) is 1.98. The highest BCUT2D eigenvalue weighted by atomic mass is 79.9. The maximum atomic E-state index is 4.40. The second kappa shape index (κ2) is 6.71. The quantitative estimate of drug-likeness (QED) is 0.832. The molecule has 0 aliphatic rings. The predicted octanol–water partition coefficient (Wildman–Crippen LogP) is 2.85. The molecule has 4 heteroatoms. The van der Waals surface area contributed by atoms with Crippen LogP contribution in [0.2, 0.25) is 0 Å². The molecule has 1 aromatic heterocycles. The highest BCUT2D eigenvalue weighted by Gasteiger charge is 2.00. The summed E-state index contributed by atoms with van der Waals surface area (Å²) in [5.74, 6) is 0. The molecule has 96 valence electrons. The van der Waals surface area contributed by atoms with Crippen molar-refractivity contribution in [1.82, 2.24) is 15.1 Å². The molecule has 0 atom stereocenters. The summed E-state index contributed by atoms with van der Waals surface area (Å²) in [6.07, 6.45) is 6.34. The molecule has 0 spiro atoms. The Morgan fingerprint density at radius 1 is 1.22 bits per heavy atom. The largest absolute Gasteiger partial charge is 0.320 e. The molecule has 0 radical (unpaired) electrons. The van der Waals surface area contributed by atoms with Crippen LogP contribution in [-0.4, -0.2) is 23.4 Å². The first-order valence-electron chi connectivity index (χ1n) is 6.18. The molecule has 1 aromatic carbocycles. The molecule has 0 aliphatic carbocycles. The maximum absolute atomic E-state index is 4.40. The second-order valence-corrected chi connectivity index (χ2v) is 5.30. The van der Waals surface area contributed by atoms with Crippen molar-refractivity contribution >= 4 is 15.9 Å². The third-order valence-electron chi connectivity index (χ3n) is 2.84. The Bertz CT molecular complexity index is 476. The minimum absolute atomic E-state index is 0.833. The summed E-state index contributed by atoms with van der Waals surface area (Å²) in [4.78, 5) is 0. The highest BCUT2D eigenvalue weighted by Crippen LogP contribution is 2.11. The number of rotatable bonds is 6. The Morgan fingerprint density at radius 2 is 2.00 bits per heavy atom. The number of hydrogen-bond acceptors (Lipinski definition) is 2. The van der Waals surface area contributed by atoms with Gasteiger partial charge in [0.25, 0.3) is 0 Å². The van der Waals surface area contributed by atoms with E-state index in [1.807, 2.05) is 17.9 Å². The van der Waals surface area contributed by atoms with E-state index in [0.29, 0.717) is 0 Å². The van der Waals surface area contributed by atoms with Gasteiger partial charge < -0.3 is 5.32 Å². The van der Waals surface area contributed by atoms with Gasteiger partial charge in [-0.05, 0) is 49.7 Å². The first kappa shape index (κ1) is 13.3. The van der Waals surface area contributed by atoms with Gasteiger partial charge in [-0.2, -0.15) is 5.10 Å². The van der Waals surface area contributed by atoms with Crippen LogP contribution in [0.1, 0.15) is 17.5 Å². The molecule has 2 rings (SSSR count). The lowest BCUT2D eigenvalue weighted by molar-refractivity contribution is 0.684. The number of benzene rings is 1. The van der Waals surface area contributed by atoms with Gasteiger partial charge in [-0.25, -0.2) is 0 Å². The van der Waals surface area contributed by atoms with E-state index in [4.69, 9.17) is 0 Å². The zero-order valence-electron chi connectivity index (χ0n) is 10.6. The summed E-state index contributed by atoms with van der Waals surface area (Å²) >= 11 is 3.44. The van der Waals surface area contributed by atoms with Crippen molar-refractivity contribution < 1.29 is 0 Å². The molecule has 18 heavy (non-hydrogen) atoms. The van der Waals surface area contributed by atoms with Crippen molar-refractivity contribution in [2.24, 2.45) is 0 Å². The van der Waals surface area contributed by atoms with Gasteiger partial charge in [0.15, 0.2) is 0 Å². The summed E-state index contributed by atoms with van der Waals surface area (Å²) in [6.45, 7) is 1.89. The summed E-state index contributed by atoms with van der Waals surface area (Å²) in [5.41, 5.74) is 2.57. The summed E-state index contributed by atoms with van der Waals surface area (Å²) in [5, 5.41) is 7.56. The molecule has 0 saturated carbocycles. The van der Waals surface area contributed by atoms with Gasteiger partial charge in [-0.1, -0.05) is 28.1 Å². The highest BCUT2D eigenvalue weighted by molar-refractivity contribution is 9.10. The number of nitrogens with one attached hydrogen (secondary N) is 1. The van der Waals surface area contributed by atoms with Gasteiger partial charge in [-0.15, -0.1) is 0 Å². The lowest BCUT2D eigenvalue weighted by atomic mass is 10.2. The van der Waals surface area contributed by atoms with Crippen molar-refractivity contribution in [3.63, 3.8) is 0 Å². The minimum atomic E-state index is 0.833. The van der Waals surface area contributed by atoms with Gasteiger partial charge >= 0.3 is 0 Å². The number of nitrogens with zero attached hydrogens (tertiary/aromatic N) is 2. The van der Waals surface area contributed by atoms with Crippen molar-refractivity contribution in [2.45, 2.75) is 19.4 Å². The van der Waals surface area contributed by atoms with Crippen molar-refractivity contribution in [2.75, 3.05) is 13.6 Å². The normalized spacial score (nSPS) is 10.8. The van der Waals surface area contributed by atoms with E-state index in [1.54, 1.807) is 0 Å². The summed E-state index contributed by atoms with van der Waals surface area (Å²) < 4.78 is 3.11. The number of aromatic nitrogens is 2. The minimum Gasteiger partial charge on any atom is -0.320 e. The molecule has 3 nitrogen and oxygen atoms in total. The van der Waals surface area contributed by atoms with E-state index in [0.717, 1.165) is 30.4 Å². The first-order valence-corrected chi connectivity index (χ1v) is 6.97. The fraction of sp³-hybridized carbons (Fsp3) is 0.357. The Hall–Kier alpha value is -1.13. The lowest BCUT2D eigenvalue weighted by Crippen LogP contribution is -2.08. The molecule has 0 saturated heterocycles. The van der Waals surface area contributed by atoms with E-state index < -0.39 is 0 Å². The average Bonchev–Trinajstić information content (AvgIpc) is 2.80. The Kier molecular flexibility index (Phi) is 4.96. The monoisotopic (exact) mass is 307 g/mol. The lowest BCUT2D eigenvalue weighted by Gasteiger charge is -2.02. The van der Waals surface area contributed by atoms with Crippen LogP contribution >= 0.6 is 15.9 Å². The van der Waals surface area contributed by atoms with Crippen LogP contribution in [-0.2, 0) is 13.0 Å². The number of hydrogen-bond donors (Lipinski definition) is 1. The third kappa shape index (κ3) is 3.96. The van der Waals surface area contributed by atoms with Crippen LogP contribution in [0.3, 0.4) is 0 Å². The van der Waals surface area contributed by atoms with Crippen LogP contribution in [0.25, 0.3) is 0 Å². The van der Waals surface area contributed by atoms with Gasteiger partial charge in [0.05, 0.1) is 12.7 Å². The van der Waals surface area contributed by atoms with Crippen LogP contribution in [0.5, 0.6) is 0 Å². The van der Waals surface area contributed by atoms with Crippen LogP contribution in [0.15, 0.2) is 41.1 Å². The standard InChI is InChI=1S/C14H18BrN3/c1-16-8-2-3-13-9-17-18(11-13)10-12-4-6-14(15)7-5-12/h4-7,9,11,16H,2-3,8,10H2,1H3. The van der Waals surface area contributed by atoms with Crippen LogP contribution < -0.4 is 5.32 Å². The smallest absolute Gasteiger partial charge is 0.0659 e. The fourth-order valence-electron chi connectivity index (χ4n) is 1.87. The van der Waals surface area contributed by atoms with E-state index in [9.17, 15) is 0 Å². The van der Waals surface area contributed by atoms with Crippen molar-refractivity contribution in [3.8, 4) is 0 Å². The molecule has 0 aliphatic heterocycles. The van der Waals surface area contributed by atoms with Gasteiger partial charge in [0.2, 0.25) is 0 Å². The summed E-state index contributed by atoms with van der Waals surface area (Å²) in [6, 6.07) is 8.36. The molecular formula is C14H18BrN3. The van der Waals surface area contributed by atoms with Crippen LogP contribution in [0.4, 0.5) is 0 Å². The molecule has 0 fully saturated rings.